The third-order valence-electron chi connectivity index (χ3n) is 2.24. The fraction of sp³-hybridized carbons (Fsp3) is 1.00. The normalized spacial score (nSPS) is 15.0. The fourth-order valence-corrected chi connectivity index (χ4v) is 1.26. The van der Waals surface area contributed by atoms with E-state index in [1.807, 2.05) is 27.7 Å². The van der Waals surface area contributed by atoms with Crippen molar-refractivity contribution in [3.63, 3.8) is 0 Å². The van der Waals surface area contributed by atoms with E-state index < -0.39 is 12.2 Å². The molecule has 0 heterocycles. The summed E-state index contributed by atoms with van der Waals surface area (Å²) in [7, 11) is 0. The summed E-state index contributed by atoms with van der Waals surface area (Å²) in [6.07, 6.45) is -1.05. The highest BCUT2D eigenvalue weighted by Crippen LogP contribution is 1.94. The molecule has 6 nitrogen and oxygen atoms in total. The molecule has 0 fully saturated rings. The number of ether oxygens (including phenoxy) is 4. The van der Waals surface area contributed by atoms with Crippen LogP contribution >= 0.6 is 0 Å². The molecule has 2 unspecified atom stereocenters. The van der Waals surface area contributed by atoms with Gasteiger partial charge < -0.3 is 29.2 Å². The Bertz CT molecular complexity index is 188. The minimum absolute atomic E-state index is 0.0996. The largest absolute Gasteiger partial charge is 0.388 e. The van der Waals surface area contributed by atoms with Crippen LogP contribution in [0.1, 0.15) is 27.7 Å². The SMILES string of the molecule is CC(C)OCC(O)COCCOCC(O)COC(C)C. The zero-order chi connectivity index (χ0) is 15.4. The molecule has 0 radical (unpaired) electrons. The maximum absolute atomic E-state index is 9.52. The minimum Gasteiger partial charge on any atom is -0.388 e. The molecule has 0 saturated carbocycles. The Balaban J connectivity index is 3.31. The molecule has 20 heavy (non-hydrogen) atoms. The van der Waals surface area contributed by atoms with Crippen LogP contribution in [0.2, 0.25) is 0 Å². The van der Waals surface area contributed by atoms with Crippen LogP contribution in [0, 0.1) is 0 Å². The summed E-state index contributed by atoms with van der Waals surface area (Å²) >= 11 is 0. The molecule has 0 aromatic heterocycles. The van der Waals surface area contributed by atoms with Crippen LogP contribution in [-0.4, -0.2) is 74.3 Å². The van der Waals surface area contributed by atoms with Crippen LogP contribution in [0.5, 0.6) is 0 Å². The highest BCUT2D eigenvalue weighted by Gasteiger charge is 2.07. The Morgan fingerprint density at radius 2 is 1.00 bits per heavy atom. The molecule has 0 amide bonds. The lowest BCUT2D eigenvalue weighted by atomic mass is 10.4. The first kappa shape index (κ1) is 19.8. The predicted molar refractivity (Wildman–Crippen MR) is 75.8 cm³/mol. The average Bonchev–Trinajstić information content (AvgIpc) is 2.37. The lowest BCUT2D eigenvalue weighted by Gasteiger charge is -2.15. The molecule has 2 atom stereocenters. The van der Waals surface area contributed by atoms with Crippen LogP contribution in [0.4, 0.5) is 0 Å². The van der Waals surface area contributed by atoms with Crippen LogP contribution in [-0.2, 0) is 18.9 Å². The molecule has 0 saturated heterocycles. The van der Waals surface area contributed by atoms with Gasteiger partial charge in [0.05, 0.1) is 51.8 Å². The van der Waals surface area contributed by atoms with Gasteiger partial charge in [-0.1, -0.05) is 0 Å². The van der Waals surface area contributed by atoms with E-state index >= 15 is 0 Å². The summed E-state index contributed by atoms with van der Waals surface area (Å²) in [4.78, 5) is 0. The number of hydrogen-bond donors (Lipinski definition) is 2. The van der Waals surface area contributed by atoms with Crippen molar-refractivity contribution in [2.24, 2.45) is 0 Å². The lowest BCUT2D eigenvalue weighted by Crippen LogP contribution is -2.26. The average molecular weight is 294 g/mol. The fourth-order valence-electron chi connectivity index (χ4n) is 1.26. The summed E-state index contributed by atoms with van der Waals surface area (Å²) in [6.45, 7) is 9.36. The van der Waals surface area contributed by atoms with Gasteiger partial charge in [0.25, 0.3) is 0 Å². The summed E-state index contributed by atoms with van der Waals surface area (Å²) in [5, 5.41) is 19.0. The van der Waals surface area contributed by atoms with E-state index in [-0.39, 0.29) is 38.6 Å². The van der Waals surface area contributed by atoms with Gasteiger partial charge in [0, 0.05) is 0 Å². The van der Waals surface area contributed by atoms with E-state index in [4.69, 9.17) is 18.9 Å². The number of rotatable bonds is 13. The molecule has 0 aromatic carbocycles. The van der Waals surface area contributed by atoms with Gasteiger partial charge in [-0.3, -0.25) is 0 Å². The van der Waals surface area contributed by atoms with E-state index in [2.05, 4.69) is 0 Å². The van der Waals surface area contributed by atoms with E-state index in [0.29, 0.717) is 13.2 Å². The van der Waals surface area contributed by atoms with E-state index in [1.54, 1.807) is 0 Å². The van der Waals surface area contributed by atoms with Crippen molar-refractivity contribution < 1.29 is 29.2 Å². The maximum atomic E-state index is 9.52. The van der Waals surface area contributed by atoms with E-state index in [0.717, 1.165) is 0 Å². The Morgan fingerprint density at radius 1 is 0.650 bits per heavy atom. The third kappa shape index (κ3) is 14.2. The first-order valence-electron chi connectivity index (χ1n) is 7.16. The summed E-state index contributed by atoms with van der Waals surface area (Å²) in [5.41, 5.74) is 0. The molecule has 6 heteroatoms. The van der Waals surface area contributed by atoms with Gasteiger partial charge in [0.2, 0.25) is 0 Å². The molecule has 0 aliphatic rings. The highest BCUT2D eigenvalue weighted by atomic mass is 16.5. The Labute approximate surface area is 122 Å². The Morgan fingerprint density at radius 3 is 1.30 bits per heavy atom. The predicted octanol–water partition coefficient (Wildman–Crippen LogP) is 0.591. The van der Waals surface area contributed by atoms with Crippen molar-refractivity contribution in [2.75, 3.05) is 39.6 Å². The smallest absolute Gasteiger partial charge is 0.101 e. The Hall–Kier alpha value is -0.240. The molecule has 0 spiro atoms. The second-order valence-corrected chi connectivity index (χ2v) is 5.22. The topological polar surface area (TPSA) is 77.4 Å². The van der Waals surface area contributed by atoms with Gasteiger partial charge in [-0.15, -0.1) is 0 Å². The summed E-state index contributed by atoms with van der Waals surface area (Å²) in [6, 6.07) is 0. The molecule has 0 bridgehead atoms. The minimum atomic E-state index is -0.623. The second-order valence-electron chi connectivity index (χ2n) is 5.22. The van der Waals surface area contributed by atoms with Crippen molar-refractivity contribution in [1.82, 2.24) is 0 Å². The molecule has 122 valence electrons. The zero-order valence-corrected chi connectivity index (χ0v) is 13.1. The monoisotopic (exact) mass is 294 g/mol. The molecular weight excluding hydrogens is 264 g/mol. The van der Waals surface area contributed by atoms with Crippen molar-refractivity contribution in [2.45, 2.75) is 52.1 Å². The van der Waals surface area contributed by atoms with Gasteiger partial charge >= 0.3 is 0 Å². The van der Waals surface area contributed by atoms with Crippen LogP contribution in [0.3, 0.4) is 0 Å². The quantitative estimate of drug-likeness (QED) is 0.484. The maximum Gasteiger partial charge on any atom is 0.101 e. The standard InChI is InChI=1S/C14H30O6/c1-11(2)19-9-13(15)7-17-5-6-18-8-14(16)10-20-12(3)4/h11-16H,5-10H2,1-4H3. The number of aliphatic hydroxyl groups is 2. The van der Waals surface area contributed by atoms with Crippen molar-refractivity contribution >= 4 is 0 Å². The van der Waals surface area contributed by atoms with Gasteiger partial charge in [-0.25, -0.2) is 0 Å². The molecule has 0 rings (SSSR count). The zero-order valence-electron chi connectivity index (χ0n) is 13.1. The first-order chi connectivity index (χ1) is 9.41. The highest BCUT2D eigenvalue weighted by molar-refractivity contribution is 4.54. The second kappa shape index (κ2) is 12.5. The van der Waals surface area contributed by atoms with Crippen LogP contribution in [0.15, 0.2) is 0 Å². The molecule has 2 N–H and O–H groups in total. The van der Waals surface area contributed by atoms with Gasteiger partial charge in [0.1, 0.15) is 12.2 Å². The summed E-state index contributed by atoms with van der Waals surface area (Å²) in [5.74, 6) is 0. The summed E-state index contributed by atoms with van der Waals surface area (Å²) < 4.78 is 21.0. The van der Waals surface area contributed by atoms with Crippen molar-refractivity contribution in [3.8, 4) is 0 Å². The molecular formula is C14H30O6. The van der Waals surface area contributed by atoms with Crippen molar-refractivity contribution in [3.05, 3.63) is 0 Å². The number of hydrogen-bond acceptors (Lipinski definition) is 6. The van der Waals surface area contributed by atoms with Crippen molar-refractivity contribution in [1.29, 1.82) is 0 Å². The van der Waals surface area contributed by atoms with Gasteiger partial charge in [-0.05, 0) is 27.7 Å². The third-order valence-corrected chi connectivity index (χ3v) is 2.24. The van der Waals surface area contributed by atoms with E-state index in [1.165, 1.54) is 0 Å². The van der Waals surface area contributed by atoms with Gasteiger partial charge in [0.15, 0.2) is 0 Å². The molecule has 0 aliphatic heterocycles. The van der Waals surface area contributed by atoms with Crippen LogP contribution in [0.25, 0.3) is 0 Å². The Kier molecular flexibility index (Phi) is 12.3. The first-order valence-corrected chi connectivity index (χ1v) is 7.16. The van der Waals surface area contributed by atoms with E-state index in [9.17, 15) is 10.2 Å². The lowest BCUT2D eigenvalue weighted by molar-refractivity contribution is -0.0610. The molecule has 0 aliphatic carbocycles. The molecule has 0 aromatic rings. The number of aliphatic hydroxyl groups excluding tert-OH is 2. The van der Waals surface area contributed by atoms with Gasteiger partial charge in [-0.2, -0.15) is 0 Å². The van der Waals surface area contributed by atoms with Crippen LogP contribution < -0.4 is 0 Å².